The lowest BCUT2D eigenvalue weighted by atomic mass is 9.90. The highest BCUT2D eigenvalue weighted by atomic mass is 14.9. The van der Waals surface area contributed by atoms with E-state index in [-0.39, 0.29) is 0 Å². The molecule has 0 bridgehead atoms. The lowest BCUT2D eigenvalue weighted by Crippen LogP contribution is -2.25. The van der Waals surface area contributed by atoms with E-state index in [0.29, 0.717) is 6.04 Å². The molecule has 108 valence electrons. The standard InChI is InChI=1S/C17H30N2/c1-4-7-10-15(6-3)14-17(18-12-5-2)16-11-8-9-13-19-16/h8-9,11,13,15,17-18H,4-7,10,12,14H2,1-3H3. The van der Waals surface area contributed by atoms with Crippen molar-refractivity contribution in [2.24, 2.45) is 5.92 Å². The first kappa shape index (κ1) is 16.2. The third-order valence-electron chi connectivity index (χ3n) is 3.80. The molecule has 0 amide bonds. The number of hydrogen-bond donors (Lipinski definition) is 1. The van der Waals surface area contributed by atoms with Gasteiger partial charge in [0.1, 0.15) is 0 Å². The van der Waals surface area contributed by atoms with Crippen LogP contribution in [0.15, 0.2) is 24.4 Å². The molecule has 1 rings (SSSR count). The Kier molecular flexibility index (Phi) is 8.48. The second kappa shape index (κ2) is 9.96. The Morgan fingerprint density at radius 1 is 1.16 bits per heavy atom. The third kappa shape index (κ3) is 6.20. The molecule has 1 heterocycles. The maximum atomic E-state index is 4.54. The number of nitrogens with zero attached hydrogens (tertiary/aromatic N) is 1. The van der Waals surface area contributed by atoms with Crippen LogP contribution in [0.1, 0.15) is 71.0 Å². The molecule has 1 aromatic heterocycles. The van der Waals surface area contributed by atoms with E-state index in [9.17, 15) is 0 Å². The summed E-state index contributed by atoms with van der Waals surface area (Å²) in [6.45, 7) is 7.89. The second-order valence-electron chi connectivity index (χ2n) is 5.41. The minimum absolute atomic E-state index is 0.419. The predicted molar refractivity (Wildman–Crippen MR) is 83.2 cm³/mol. The fraction of sp³-hybridized carbons (Fsp3) is 0.706. The van der Waals surface area contributed by atoms with Crippen molar-refractivity contribution < 1.29 is 0 Å². The number of unbranched alkanes of at least 4 members (excludes halogenated alkanes) is 1. The van der Waals surface area contributed by atoms with Gasteiger partial charge in [-0.05, 0) is 37.4 Å². The first-order valence-electron chi connectivity index (χ1n) is 7.96. The van der Waals surface area contributed by atoms with Crippen molar-refractivity contribution in [3.05, 3.63) is 30.1 Å². The smallest absolute Gasteiger partial charge is 0.0573 e. The number of hydrogen-bond acceptors (Lipinski definition) is 2. The lowest BCUT2D eigenvalue weighted by Gasteiger charge is -2.23. The first-order valence-corrected chi connectivity index (χ1v) is 7.96. The Labute approximate surface area is 119 Å². The summed E-state index contributed by atoms with van der Waals surface area (Å²) in [4.78, 5) is 4.54. The van der Waals surface area contributed by atoms with Gasteiger partial charge in [-0.3, -0.25) is 4.98 Å². The van der Waals surface area contributed by atoms with Crippen molar-refractivity contribution >= 4 is 0 Å². The quantitative estimate of drug-likeness (QED) is 0.659. The SMILES string of the molecule is CCCCC(CC)CC(NCCC)c1ccccn1. The molecule has 1 aromatic rings. The molecule has 0 saturated carbocycles. The van der Waals surface area contributed by atoms with Crippen LogP contribution in [0.3, 0.4) is 0 Å². The highest BCUT2D eigenvalue weighted by molar-refractivity contribution is 5.08. The molecule has 0 spiro atoms. The van der Waals surface area contributed by atoms with Crippen LogP contribution in [-0.2, 0) is 0 Å². The summed E-state index contributed by atoms with van der Waals surface area (Å²) in [5.74, 6) is 0.816. The van der Waals surface area contributed by atoms with E-state index in [2.05, 4.69) is 43.2 Å². The molecule has 0 fully saturated rings. The van der Waals surface area contributed by atoms with Gasteiger partial charge in [0.15, 0.2) is 0 Å². The van der Waals surface area contributed by atoms with Gasteiger partial charge in [-0.1, -0.05) is 52.5 Å². The summed E-state index contributed by atoms with van der Waals surface area (Å²) < 4.78 is 0. The number of nitrogens with one attached hydrogen (secondary N) is 1. The Morgan fingerprint density at radius 2 is 2.00 bits per heavy atom. The molecule has 0 aromatic carbocycles. The highest BCUT2D eigenvalue weighted by Gasteiger charge is 2.17. The summed E-state index contributed by atoms with van der Waals surface area (Å²) in [5.41, 5.74) is 1.20. The Bertz CT molecular complexity index is 310. The topological polar surface area (TPSA) is 24.9 Å². The maximum absolute atomic E-state index is 4.54. The molecule has 1 N–H and O–H groups in total. The largest absolute Gasteiger partial charge is 0.309 e. The van der Waals surface area contributed by atoms with E-state index in [4.69, 9.17) is 0 Å². The van der Waals surface area contributed by atoms with Gasteiger partial charge < -0.3 is 5.32 Å². The van der Waals surface area contributed by atoms with E-state index in [0.717, 1.165) is 12.5 Å². The van der Waals surface area contributed by atoms with Crippen molar-refractivity contribution in [2.75, 3.05) is 6.54 Å². The average molecular weight is 262 g/mol. The van der Waals surface area contributed by atoms with E-state index >= 15 is 0 Å². The predicted octanol–water partition coefficient (Wildman–Crippen LogP) is 4.73. The van der Waals surface area contributed by atoms with Gasteiger partial charge in [-0.25, -0.2) is 0 Å². The van der Waals surface area contributed by atoms with Gasteiger partial charge >= 0.3 is 0 Å². The summed E-state index contributed by atoms with van der Waals surface area (Å²) in [6, 6.07) is 6.66. The molecule has 0 radical (unpaired) electrons. The van der Waals surface area contributed by atoms with Crippen LogP contribution >= 0.6 is 0 Å². The average Bonchev–Trinajstić information content (AvgIpc) is 2.47. The molecule has 2 unspecified atom stereocenters. The van der Waals surface area contributed by atoms with Crippen LogP contribution in [0.4, 0.5) is 0 Å². The van der Waals surface area contributed by atoms with Crippen molar-refractivity contribution in [2.45, 2.75) is 65.3 Å². The number of aromatic nitrogens is 1. The van der Waals surface area contributed by atoms with Crippen LogP contribution < -0.4 is 5.32 Å². The summed E-state index contributed by atoms with van der Waals surface area (Å²) in [6.07, 6.45) is 9.57. The molecule has 0 aliphatic carbocycles. The maximum Gasteiger partial charge on any atom is 0.0573 e. The zero-order valence-electron chi connectivity index (χ0n) is 12.9. The second-order valence-corrected chi connectivity index (χ2v) is 5.41. The molecule has 19 heavy (non-hydrogen) atoms. The van der Waals surface area contributed by atoms with Crippen molar-refractivity contribution in [1.82, 2.24) is 10.3 Å². The van der Waals surface area contributed by atoms with Gasteiger partial charge in [0.2, 0.25) is 0 Å². The fourth-order valence-electron chi connectivity index (χ4n) is 2.52. The third-order valence-corrected chi connectivity index (χ3v) is 3.80. The summed E-state index contributed by atoms with van der Waals surface area (Å²) in [7, 11) is 0. The first-order chi connectivity index (χ1) is 9.31. The van der Waals surface area contributed by atoms with Crippen LogP contribution in [0.2, 0.25) is 0 Å². The Morgan fingerprint density at radius 3 is 2.58 bits per heavy atom. The van der Waals surface area contributed by atoms with Gasteiger partial charge in [-0.2, -0.15) is 0 Å². The van der Waals surface area contributed by atoms with Gasteiger partial charge in [0.25, 0.3) is 0 Å². The molecule has 0 saturated heterocycles. The van der Waals surface area contributed by atoms with Gasteiger partial charge in [-0.15, -0.1) is 0 Å². The summed E-state index contributed by atoms with van der Waals surface area (Å²) >= 11 is 0. The molecule has 2 nitrogen and oxygen atoms in total. The highest BCUT2D eigenvalue weighted by Crippen LogP contribution is 2.25. The fourth-order valence-corrected chi connectivity index (χ4v) is 2.52. The molecule has 0 aliphatic rings. The monoisotopic (exact) mass is 262 g/mol. The van der Waals surface area contributed by atoms with Crippen molar-refractivity contribution in [1.29, 1.82) is 0 Å². The van der Waals surface area contributed by atoms with Crippen LogP contribution in [-0.4, -0.2) is 11.5 Å². The molecule has 2 heteroatoms. The molecular formula is C17H30N2. The molecule has 0 aliphatic heterocycles. The minimum Gasteiger partial charge on any atom is -0.309 e. The van der Waals surface area contributed by atoms with E-state index in [1.165, 1.54) is 44.2 Å². The zero-order valence-corrected chi connectivity index (χ0v) is 12.9. The normalized spacial score (nSPS) is 14.3. The zero-order chi connectivity index (χ0) is 13.9. The number of pyridine rings is 1. The van der Waals surface area contributed by atoms with E-state index in [1.807, 2.05) is 12.3 Å². The summed E-state index contributed by atoms with van der Waals surface area (Å²) in [5, 5.41) is 3.66. The van der Waals surface area contributed by atoms with Crippen molar-refractivity contribution in [3.8, 4) is 0 Å². The van der Waals surface area contributed by atoms with Gasteiger partial charge in [0, 0.05) is 12.2 Å². The van der Waals surface area contributed by atoms with E-state index in [1.54, 1.807) is 0 Å². The van der Waals surface area contributed by atoms with Gasteiger partial charge in [0.05, 0.1) is 5.69 Å². The van der Waals surface area contributed by atoms with Crippen LogP contribution in [0.25, 0.3) is 0 Å². The molecular weight excluding hydrogens is 232 g/mol. The van der Waals surface area contributed by atoms with Crippen LogP contribution in [0, 0.1) is 5.92 Å². The minimum atomic E-state index is 0.419. The molecule has 2 atom stereocenters. The Hall–Kier alpha value is -0.890. The Balaban J connectivity index is 2.62. The van der Waals surface area contributed by atoms with Crippen molar-refractivity contribution in [3.63, 3.8) is 0 Å². The van der Waals surface area contributed by atoms with E-state index < -0.39 is 0 Å². The van der Waals surface area contributed by atoms with Crippen LogP contribution in [0.5, 0.6) is 0 Å². The number of rotatable bonds is 10. The lowest BCUT2D eigenvalue weighted by molar-refractivity contribution is 0.350.